The summed E-state index contributed by atoms with van der Waals surface area (Å²) in [4.78, 5) is 28.0. The van der Waals surface area contributed by atoms with Crippen molar-refractivity contribution in [3.05, 3.63) is 93.5 Å². The van der Waals surface area contributed by atoms with Crippen molar-refractivity contribution in [2.24, 2.45) is 0 Å². The van der Waals surface area contributed by atoms with Gasteiger partial charge in [-0.1, -0.05) is 60.0 Å². The summed E-state index contributed by atoms with van der Waals surface area (Å²) in [5.41, 5.74) is -0.405. The number of nitrogens with zero attached hydrogens (tertiary/aromatic N) is 2. The fraction of sp³-hybridized carbons (Fsp3) is 0.333. The number of carbonyl (C=O) groups is 2. The lowest BCUT2D eigenvalue weighted by atomic mass is 10.1. The molecule has 232 valence electrons. The number of halogens is 5. The molecule has 0 aliphatic heterocycles. The van der Waals surface area contributed by atoms with Gasteiger partial charge in [0.2, 0.25) is 11.8 Å². The van der Waals surface area contributed by atoms with Gasteiger partial charge in [-0.25, -0.2) is 8.42 Å². The molecule has 3 aromatic carbocycles. The molecular formula is C30H32Cl2F3N3O4S. The van der Waals surface area contributed by atoms with Gasteiger partial charge in [-0.3, -0.25) is 13.9 Å². The second-order valence-corrected chi connectivity index (χ2v) is 12.8. The maximum atomic E-state index is 14.0. The summed E-state index contributed by atoms with van der Waals surface area (Å²) in [5.74, 6) is -1.38. The van der Waals surface area contributed by atoms with Crippen LogP contribution < -0.4 is 9.62 Å². The number of amides is 2. The summed E-state index contributed by atoms with van der Waals surface area (Å²) in [6, 6.07) is 12.7. The normalized spacial score (nSPS) is 13.2. The Labute approximate surface area is 259 Å². The number of carbonyl (C=O) groups excluding carboxylic acids is 2. The smallest absolute Gasteiger partial charge is 0.352 e. The average molecular weight is 659 g/mol. The molecule has 0 aliphatic rings. The van der Waals surface area contributed by atoms with Crippen molar-refractivity contribution < 1.29 is 31.2 Å². The minimum Gasteiger partial charge on any atom is -0.352 e. The standard InChI is InChI=1S/C30H32Cl2F3N3O4S/c1-5-20(3)36-29(40)21(4)37(17-25-26(31)10-7-11-27(25)32)28(39)18-38(23-9-6-8-22(16-23)30(33,34)35)43(41,42)24-14-12-19(2)13-15-24/h6-16,20-21H,5,17-18H2,1-4H3,(H,36,40). The van der Waals surface area contributed by atoms with Crippen molar-refractivity contribution in [1.29, 1.82) is 0 Å². The largest absolute Gasteiger partial charge is 0.416 e. The van der Waals surface area contributed by atoms with Crippen LogP contribution in [0, 0.1) is 6.92 Å². The van der Waals surface area contributed by atoms with E-state index in [2.05, 4.69) is 5.32 Å². The Hall–Kier alpha value is -3.28. The van der Waals surface area contributed by atoms with E-state index in [4.69, 9.17) is 23.2 Å². The molecule has 7 nitrogen and oxygen atoms in total. The van der Waals surface area contributed by atoms with E-state index < -0.39 is 46.2 Å². The van der Waals surface area contributed by atoms with Gasteiger partial charge in [0.15, 0.2) is 0 Å². The minimum atomic E-state index is -4.77. The van der Waals surface area contributed by atoms with E-state index >= 15 is 0 Å². The monoisotopic (exact) mass is 657 g/mol. The third kappa shape index (κ3) is 8.43. The van der Waals surface area contributed by atoms with Gasteiger partial charge in [-0.15, -0.1) is 0 Å². The number of anilines is 1. The van der Waals surface area contributed by atoms with Crippen LogP contribution in [0.2, 0.25) is 10.0 Å². The molecule has 43 heavy (non-hydrogen) atoms. The Bertz CT molecular complexity index is 1550. The number of hydrogen-bond donors (Lipinski definition) is 1. The first-order valence-corrected chi connectivity index (χ1v) is 15.5. The van der Waals surface area contributed by atoms with Crippen LogP contribution in [0.25, 0.3) is 0 Å². The number of aryl methyl sites for hydroxylation is 1. The lowest BCUT2D eigenvalue weighted by molar-refractivity contribution is -0.139. The SMILES string of the molecule is CCC(C)NC(=O)C(C)N(Cc1c(Cl)cccc1Cl)C(=O)CN(c1cccc(C(F)(F)F)c1)S(=O)(=O)c1ccc(C)cc1. The lowest BCUT2D eigenvalue weighted by Gasteiger charge is -2.33. The van der Waals surface area contributed by atoms with Crippen LogP contribution in [0.15, 0.2) is 71.6 Å². The predicted molar refractivity (Wildman–Crippen MR) is 162 cm³/mol. The van der Waals surface area contributed by atoms with E-state index in [1.807, 2.05) is 6.92 Å². The fourth-order valence-corrected chi connectivity index (χ4v) is 6.03. The van der Waals surface area contributed by atoms with Crippen molar-refractivity contribution in [3.8, 4) is 0 Å². The molecule has 1 N–H and O–H groups in total. The van der Waals surface area contributed by atoms with E-state index in [-0.39, 0.29) is 33.2 Å². The Morgan fingerprint density at radius 2 is 1.53 bits per heavy atom. The van der Waals surface area contributed by atoms with E-state index in [9.17, 15) is 31.2 Å². The summed E-state index contributed by atoms with van der Waals surface area (Å²) in [7, 11) is -4.55. The van der Waals surface area contributed by atoms with Gasteiger partial charge in [-0.2, -0.15) is 13.2 Å². The first-order chi connectivity index (χ1) is 20.1. The van der Waals surface area contributed by atoms with Crippen LogP contribution >= 0.6 is 23.2 Å². The van der Waals surface area contributed by atoms with Crippen molar-refractivity contribution in [2.75, 3.05) is 10.8 Å². The molecule has 2 unspecified atom stereocenters. The Morgan fingerprint density at radius 1 is 0.953 bits per heavy atom. The number of nitrogens with one attached hydrogen (secondary N) is 1. The molecule has 0 heterocycles. The van der Waals surface area contributed by atoms with Crippen molar-refractivity contribution in [1.82, 2.24) is 10.2 Å². The van der Waals surface area contributed by atoms with Crippen molar-refractivity contribution in [2.45, 2.75) is 63.8 Å². The highest BCUT2D eigenvalue weighted by molar-refractivity contribution is 7.92. The molecule has 0 saturated carbocycles. The maximum absolute atomic E-state index is 14.0. The quantitative estimate of drug-likeness (QED) is 0.244. The zero-order valence-electron chi connectivity index (χ0n) is 24.0. The van der Waals surface area contributed by atoms with Crippen LogP contribution in [0.1, 0.15) is 43.9 Å². The Balaban J connectivity index is 2.13. The van der Waals surface area contributed by atoms with Crippen LogP contribution in [0.3, 0.4) is 0 Å². The minimum absolute atomic E-state index is 0.210. The van der Waals surface area contributed by atoms with Gasteiger partial charge in [-0.05, 0) is 69.7 Å². The molecule has 3 rings (SSSR count). The lowest BCUT2D eigenvalue weighted by Crippen LogP contribution is -2.52. The molecule has 13 heteroatoms. The number of sulfonamides is 1. The maximum Gasteiger partial charge on any atom is 0.416 e. The van der Waals surface area contributed by atoms with Gasteiger partial charge >= 0.3 is 6.18 Å². The predicted octanol–water partition coefficient (Wildman–Crippen LogP) is 6.85. The van der Waals surface area contributed by atoms with E-state index in [1.54, 1.807) is 32.0 Å². The molecule has 0 bridgehead atoms. The molecule has 2 atom stereocenters. The summed E-state index contributed by atoms with van der Waals surface area (Å²) in [5, 5.41) is 3.21. The van der Waals surface area contributed by atoms with Gasteiger partial charge in [0.25, 0.3) is 10.0 Å². The number of rotatable bonds is 11. The first kappa shape index (κ1) is 34.2. The van der Waals surface area contributed by atoms with Gasteiger partial charge in [0, 0.05) is 28.2 Å². The summed E-state index contributed by atoms with van der Waals surface area (Å²) >= 11 is 12.7. The highest BCUT2D eigenvalue weighted by Crippen LogP contribution is 2.34. The summed E-state index contributed by atoms with van der Waals surface area (Å²) in [6.45, 7) is 5.67. The molecule has 0 saturated heterocycles. The van der Waals surface area contributed by atoms with E-state index in [0.29, 0.717) is 22.4 Å². The van der Waals surface area contributed by atoms with Crippen molar-refractivity contribution in [3.63, 3.8) is 0 Å². The van der Waals surface area contributed by atoms with E-state index in [0.717, 1.165) is 22.6 Å². The molecule has 0 fully saturated rings. The average Bonchev–Trinajstić information content (AvgIpc) is 2.95. The fourth-order valence-electron chi connectivity index (χ4n) is 4.11. The molecule has 0 aromatic heterocycles. The Morgan fingerprint density at radius 3 is 2.09 bits per heavy atom. The van der Waals surface area contributed by atoms with Gasteiger partial charge < -0.3 is 10.2 Å². The highest BCUT2D eigenvalue weighted by atomic mass is 35.5. The van der Waals surface area contributed by atoms with Crippen LogP contribution in [0.4, 0.5) is 18.9 Å². The molecular weight excluding hydrogens is 626 g/mol. The Kier molecular flexibility index (Phi) is 11.1. The first-order valence-electron chi connectivity index (χ1n) is 13.4. The number of alkyl halides is 3. The molecule has 0 radical (unpaired) electrons. The zero-order chi connectivity index (χ0) is 32.1. The summed E-state index contributed by atoms with van der Waals surface area (Å²) < 4.78 is 69.2. The van der Waals surface area contributed by atoms with Crippen LogP contribution in [0.5, 0.6) is 0 Å². The van der Waals surface area contributed by atoms with Gasteiger partial charge in [0.1, 0.15) is 12.6 Å². The topological polar surface area (TPSA) is 86.8 Å². The number of benzene rings is 3. The third-order valence-electron chi connectivity index (χ3n) is 6.91. The molecule has 2 amide bonds. The highest BCUT2D eigenvalue weighted by Gasteiger charge is 2.35. The second kappa shape index (κ2) is 14.0. The number of hydrogen-bond acceptors (Lipinski definition) is 4. The van der Waals surface area contributed by atoms with E-state index in [1.165, 1.54) is 37.3 Å². The summed E-state index contributed by atoms with van der Waals surface area (Å²) in [6.07, 6.45) is -4.16. The molecule has 3 aromatic rings. The third-order valence-corrected chi connectivity index (χ3v) is 9.40. The second-order valence-electron chi connectivity index (χ2n) is 10.1. The zero-order valence-corrected chi connectivity index (χ0v) is 26.3. The van der Waals surface area contributed by atoms with Crippen LogP contribution in [-0.4, -0.2) is 43.8 Å². The van der Waals surface area contributed by atoms with Gasteiger partial charge in [0.05, 0.1) is 16.1 Å². The molecule has 0 aliphatic carbocycles. The van der Waals surface area contributed by atoms with Crippen molar-refractivity contribution >= 4 is 50.7 Å². The van der Waals surface area contributed by atoms with Crippen LogP contribution in [-0.2, 0) is 32.3 Å². The molecule has 0 spiro atoms.